The van der Waals surface area contributed by atoms with Gasteiger partial charge in [0.2, 0.25) is 0 Å². The fourth-order valence-corrected chi connectivity index (χ4v) is 6.66. The molecular weight excluding hydrogens is 603 g/mol. The number of rotatable bonds is 26. The largest absolute Gasteiger partial charge is 0.430 e. The molecule has 1 heterocycles. The highest BCUT2D eigenvalue weighted by molar-refractivity contribution is 5.88. The van der Waals surface area contributed by atoms with Crippen molar-refractivity contribution in [3.63, 3.8) is 0 Å². The molecule has 1 aliphatic heterocycles. The average molecular weight is 668 g/mol. The van der Waals surface area contributed by atoms with Gasteiger partial charge in [-0.1, -0.05) is 153 Å². The lowest BCUT2D eigenvalue weighted by atomic mass is 9.91. The van der Waals surface area contributed by atoms with E-state index in [1.54, 1.807) is 6.07 Å². The molecule has 1 unspecified atom stereocenters. The number of methoxy groups -OCH3 is 1. The Kier molecular flexibility index (Phi) is 20.6. The second-order valence-electron chi connectivity index (χ2n) is 13.7. The minimum atomic E-state index is -5.00. The van der Waals surface area contributed by atoms with Crippen molar-refractivity contribution < 1.29 is 32.5 Å². The van der Waals surface area contributed by atoms with Gasteiger partial charge in [0, 0.05) is 12.7 Å². The van der Waals surface area contributed by atoms with E-state index in [4.69, 9.17) is 9.47 Å². The van der Waals surface area contributed by atoms with E-state index in [0.29, 0.717) is 6.42 Å². The van der Waals surface area contributed by atoms with Crippen LogP contribution in [0.5, 0.6) is 0 Å². The summed E-state index contributed by atoms with van der Waals surface area (Å²) in [6, 6.07) is 5.88. The van der Waals surface area contributed by atoms with Crippen LogP contribution in [0.3, 0.4) is 0 Å². The maximum atomic E-state index is 14.2. The van der Waals surface area contributed by atoms with Crippen molar-refractivity contribution in [3.8, 4) is 0 Å². The molecule has 0 aliphatic carbocycles. The molecule has 1 fully saturated rings. The number of allylic oxidation sites excluding steroid dienone is 2. The Morgan fingerprint density at radius 3 is 1.98 bits per heavy atom. The van der Waals surface area contributed by atoms with Crippen LogP contribution in [0.4, 0.5) is 13.2 Å². The van der Waals surface area contributed by atoms with Crippen molar-refractivity contribution in [2.24, 2.45) is 5.92 Å². The highest BCUT2D eigenvalue weighted by Crippen LogP contribution is 2.42. The number of carbonyl (C=O) groups is 1. The third kappa shape index (κ3) is 14.6. The summed E-state index contributed by atoms with van der Waals surface area (Å²) >= 11 is 0. The third-order valence-electron chi connectivity index (χ3n) is 9.70. The number of carbonyl (C=O) groups excluding carboxylic acids is 1. The molecule has 1 saturated heterocycles. The number of nitrogens with one attached hydrogen (secondary N) is 1. The average Bonchev–Trinajstić information content (AvgIpc) is 3.39. The van der Waals surface area contributed by atoms with Gasteiger partial charge in [0.25, 0.3) is 11.5 Å². The molecule has 0 aromatic heterocycles. The second kappa shape index (κ2) is 23.5. The van der Waals surface area contributed by atoms with Crippen LogP contribution in [-0.2, 0) is 19.9 Å². The zero-order chi connectivity index (χ0) is 34.4. The van der Waals surface area contributed by atoms with Gasteiger partial charge < -0.3 is 19.9 Å². The molecule has 5 atom stereocenters. The first-order valence-electron chi connectivity index (χ1n) is 18.6. The lowest BCUT2D eigenvalue weighted by Crippen LogP contribution is -2.59. The summed E-state index contributed by atoms with van der Waals surface area (Å²) < 4.78 is 53.0. The maximum Gasteiger partial charge on any atom is 0.430 e. The van der Waals surface area contributed by atoms with Crippen LogP contribution in [0.15, 0.2) is 42.5 Å². The molecule has 0 spiro atoms. The fraction of sp³-hybridized carbons (Fsp3) is 0.769. The lowest BCUT2D eigenvalue weighted by molar-refractivity contribution is -0.266. The highest BCUT2D eigenvalue weighted by atomic mass is 19.4. The van der Waals surface area contributed by atoms with Crippen molar-refractivity contribution in [2.75, 3.05) is 13.7 Å². The Morgan fingerprint density at radius 2 is 1.43 bits per heavy atom. The molecule has 0 bridgehead atoms. The Labute approximate surface area is 283 Å². The third-order valence-corrected chi connectivity index (χ3v) is 9.70. The van der Waals surface area contributed by atoms with E-state index in [1.807, 2.05) is 0 Å². The Bertz CT molecular complexity index is 973. The van der Waals surface area contributed by atoms with Crippen LogP contribution in [0, 0.1) is 5.92 Å². The predicted octanol–water partition coefficient (Wildman–Crippen LogP) is 10.3. The highest BCUT2D eigenvalue weighted by Gasteiger charge is 2.63. The van der Waals surface area contributed by atoms with E-state index >= 15 is 0 Å². The predicted molar refractivity (Wildman–Crippen MR) is 185 cm³/mol. The molecule has 0 saturated carbocycles. The number of aliphatic hydroxyl groups is 1. The molecular formula is C39H64F3NO4. The van der Waals surface area contributed by atoms with Crippen molar-refractivity contribution in [1.29, 1.82) is 0 Å². The molecule has 8 heteroatoms. The zero-order valence-corrected chi connectivity index (χ0v) is 29.5. The van der Waals surface area contributed by atoms with E-state index in [0.717, 1.165) is 51.6 Å². The number of amides is 1. The van der Waals surface area contributed by atoms with Gasteiger partial charge in [0.1, 0.15) is 6.10 Å². The topological polar surface area (TPSA) is 67.8 Å². The maximum absolute atomic E-state index is 14.2. The number of hydrogen-bond donors (Lipinski definition) is 2. The van der Waals surface area contributed by atoms with Crippen LogP contribution in [0.2, 0.25) is 0 Å². The normalized spacial score (nSPS) is 20.4. The number of benzene rings is 1. The number of aliphatic hydroxyl groups excluding tert-OH is 1. The molecule has 1 amide bonds. The lowest BCUT2D eigenvalue weighted by Gasteiger charge is -2.34. The number of unbranched alkanes of at least 4 members (excludes halogenated alkanes) is 14. The van der Waals surface area contributed by atoms with Gasteiger partial charge in [-0.15, -0.1) is 0 Å². The smallest absolute Gasteiger partial charge is 0.388 e. The summed E-state index contributed by atoms with van der Waals surface area (Å²) in [5.41, 5.74) is -3.50. The zero-order valence-electron chi connectivity index (χ0n) is 29.5. The molecule has 270 valence electrons. The van der Waals surface area contributed by atoms with Crippen molar-refractivity contribution in [3.05, 3.63) is 48.0 Å². The van der Waals surface area contributed by atoms with E-state index in [2.05, 4.69) is 31.3 Å². The van der Waals surface area contributed by atoms with Gasteiger partial charge >= 0.3 is 6.18 Å². The molecule has 47 heavy (non-hydrogen) atoms. The first-order chi connectivity index (χ1) is 22.7. The van der Waals surface area contributed by atoms with Gasteiger partial charge in [0.15, 0.2) is 0 Å². The van der Waals surface area contributed by atoms with Gasteiger partial charge in [-0.2, -0.15) is 13.2 Å². The molecule has 1 aromatic rings. The summed E-state index contributed by atoms with van der Waals surface area (Å²) in [5.74, 6) is -0.492. The van der Waals surface area contributed by atoms with Crippen molar-refractivity contribution in [2.45, 2.75) is 172 Å². The first-order valence-corrected chi connectivity index (χ1v) is 18.6. The van der Waals surface area contributed by atoms with Crippen LogP contribution in [-0.4, -0.2) is 49.2 Å². The molecule has 5 nitrogen and oxygen atoms in total. The number of hydrogen-bond acceptors (Lipinski definition) is 4. The van der Waals surface area contributed by atoms with Crippen molar-refractivity contribution in [1.82, 2.24) is 5.32 Å². The molecule has 2 N–H and O–H groups in total. The van der Waals surface area contributed by atoms with Gasteiger partial charge in [-0.25, -0.2) is 0 Å². The van der Waals surface area contributed by atoms with Gasteiger partial charge in [0.05, 0.1) is 18.8 Å². The van der Waals surface area contributed by atoms with Crippen LogP contribution in [0.25, 0.3) is 0 Å². The second-order valence-corrected chi connectivity index (χ2v) is 13.7. The summed E-state index contributed by atoms with van der Waals surface area (Å²) in [4.78, 5) is 13.0. The van der Waals surface area contributed by atoms with Gasteiger partial charge in [-0.3, -0.25) is 4.79 Å². The number of alkyl halides is 3. The molecule has 1 aromatic carbocycles. The molecule has 2 rings (SSSR count). The van der Waals surface area contributed by atoms with E-state index in [-0.39, 0.29) is 12.2 Å². The summed E-state index contributed by atoms with van der Waals surface area (Å²) in [6.07, 6.45) is 22.7. The standard InChI is InChI=1S/C39H64F3NO4/c1-4-5-6-7-14-17-21-26-32(2)27-22-18-15-12-10-8-9-11-13-16-19-25-30-35-36(44)34(31-47-35)43-37(45)38(46-3,39(40,41)42)33-28-23-20-24-29-33/h8-9,20,23-24,28-29,32,34-36,44H,4-7,10-19,21-22,25-27,30-31H2,1-3H3,(H,43,45)/b9-8-/t32?,34-,35-,36-,38-/m0/s1. The van der Waals surface area contributed by atoms with E-state index < -0.39 is 35.9 Å². The summed E-state index contributed by atoms with van der Waals surface area (Å²) in [6.45, 7) is 4.65. The quantitative estimate of drug-likeness (QED) is 0.0762. The molecule has 1 aliphatic rings. The van der Waals surface area contributed by atoms with Crippen LogP contribution >= 0.6 is 0 Å². The number of ether oxygens (including phenoxy) is 2. The minimum absolute atomic E-state index is 0.0484. The Balaban J connectivity index is 1.51. The minimum Gasteiger partial charge on any atom is -0.388 e. The Morgan fingerprint density at radius 1 is 0.894 bits per heavy atom. The van der Waals surface area contributed by atoms with E-state index in [9.17, 15) is 23.1 Å². The summed E-state index contributed by atoms with van der Waals surface area (Å²) in [5, 5.41) is 13.1. The summed E-state index contributed by atoms with van der Waals surface area (Å²) in [7, 11) is 0.863. The fourth-order valence-electron chi connectivity index (χ4n) is 6.66. The van der Waals surface area contributed by atoms with Gasteiger partial charge in [-0.05, 0) is 38.0 Å². The molecule has 0 radical (unpaired) electrons. The van der Waals surface area contributed by atoms with E-state index in [1.165, 1.54) is 108 Å². The van der Waals surface area contributed by atoms with Crippen molar-refractivity contribution >= 4 is 5.91 Å². The number of halogens is 3. The van der Waals surface area contributed by atoms with Crippen LogP contribution < -0.4 is 5.32 Å². The monoisotopic (exact) mass is 667 g/mol. The first kappa shape index (κ1) is 41.3. The van der Waals surface area contributed by atoms with Crippen LogP contribution in [0.1, 0.15) is 148 Å². The Hall–Kier alpha value is -1.90. The SMILES string of the molecule is CCCCCCCCCC(C)CCCCCC/C=C\CCCCCC[C@@H]1OC[C@H](NC(=O)[C@@](OC)(c2ccccc2)C(F)(F)F)[C@@H]1O.